The zero-order valence-electron chi connectivity index (χ0n) is 14.7. The third-order valence-electron chi connectivity index (χ3n) is 4.43. The Hall–Kier alpha value is -2.48. The zero-order chi connectivity index (χ0) is 18.2. The summed E-state index contributed by atoms with van der Waals surface area (Å²) in [6, 6.07) is 0. The molecule has 1 aliphatic rings. The molecule has 0 amide bonds. The number of fused-ring (bicyclic) bond motifs is 1. The lowest BCUT2D eigenvalue weighted by molar-refractivity contribution is 0.325. The highest BCUT2D eigenvalue weighted by Gasteiger charge is 2.29. The smallest absolute Gasteiger partial charge is 0.164 e. The van der Waals surface area contributed by atoms with Crippen LogP contribution in [0.2, 0.25) is 0 Å². The molecule has 0 aliphatic heterocycles. The van der Waals surface area contributed by atoms with Gasteiger partial charge in [0.25, 0.3) is 0 Å². The van der Waals surface area contributed by atoms with E-state index in [0.29, 0.717) is 12.4 Å². The van der Waals surface area contributed by atoms with E-state index in [1.54, 1.807) is 0 Å². The number of nitrogens with one attached hydrogen (secondary N) is 1. The van der Waals surface area contributed by atoms with Gasteiger partial charge in [-0.2, -0.15) is 5.10 Å². The average molecular weight is 357 g/mol. The van der Waals surface area contributed by atoms with Gasteiger partial charge >= 0.3 is 0 Å². The second-order valence-corrected chi connectivity index (χ2v) is 7.37. The summed E-state index contributed by atoms with van der Waals surface area (Å²) < 4.78 is 1.89. The minimum Gasteiger partial charge on any atom is -0.383 e. The Balaban J connectivity index is 2.10. The highest BCUT2D eigenvalue weighted by Crippen LogP contribution is 2.34. The minimum atomic E-state index is -0.398. The molecule has 5 N–H and O–H groups in total. The van der Waals surface area contributed by atoms with Crippen molar-refractivity contribution in [3.8, 4) is 0 Å². The number of nitrogens with two attached hydrogens (primary N) is 2. The van der Waals surface area contributed by atoms with E-state index in [1.807, 2.05) is 18.5 Å². The molecule has 0 saturated carbocycles. The molecule has 7 nitrogen and oxygen atoms in total. The van der Waals surface area contributed by atoms with Crippen LogP contribution in [0.3, 0.4) is 0 Å². The van der Waals surface area contributed by atoms with E-state index in [1.165, 1.54) is 11.9 Å². The van der Waals surface area contributed by atoms with E-state index in [2.05, 4.69) is 40.4 Å². The van der Waals surface area contributed by atoms with Gasteiger partial charge in [-0.25, -0.2) is 14.6 Å². The molecule has 0 radical (unpaired) electrons. The Bertz CT molecular complexity index is 878. The molecule has 0 saturated heterocycles. The average Bonchev–Trinajstić information content (AvgIpc) is 2.96. The number of anilines is 1. The molecule has 1 aliphatic carbocycles. The Morgan fingerprint density at radius 1 is 1.44 bits per heavy atom. The first kappa shape index (κ1) is 17.3. The van der Waals surface area contributed by atoms with E-state index in [0.717, 1.165) is 23.1 Å². The Morgan fingerprint density at radius 2 is 2.20 bits per heavy atom. The molecule has 3 rings (SSSR count). The fourth-order valence-corrected chi connectivity index (χ4v) is 3.06. The maximum Gasteiger partial charge on any atom is 0.164 e. The van der Waals surface area contributed by atoms with Crippen molar-refractivity contribution in [3.63, 3.8) is 0 Å². The number of hydrogen-bond donors (Lipinski definition) is 3. The highest BCUT2D eigenvalue weighted by molar-refractivity contribution is 7.80. The van der Waals surface area contributed by atoms with Crippen molar-refractivity contribution in [2.75, 3.05) is 12.3 Å². The standard InChI is InChI=1S/C17H23N7S/c1-10-4-6-11(7-5-10)13-12-14(18)21-9-22-15(12)24(23-13)17(2,3)8-20-16(19)25/h4-6,9,11H,7-8H2,1-3H3,(H2,18,21,22)(H3,19,20,25). The van der Waals surface area contributed by atoms with Gasteiger partial charge in [0.05, 0.1) is 16.6 Å². The summed E-state index contributed by atoms with van der Waals surface area (Å²) in [5, 5.41) is 8.96. The molecule has 0 bridgehead atoms. The molecule has 0 aromatic carbocycles. The summed E-state index contributed by atoms with van der Waals surface area (Å²) in [6.07, 6.45) is 8.83. The minimum absolute atomic E-state index is 0.153. The number of hydrogen-bond acceptors (Lipinski definition) is 5. The van der Waals surface area contributed by atoms with Crippen LogP contribution in [0, 0.1) is 0 Å². The molecule has 2 aromatic rings. The molecule has 0 spiro atoms. The lowest BCUT2D eigenvalue weighted by Gasteiger charge is -2.26. The summed E-state index contributed by atoms with van der Waals surface area (Å²) >= 11 is 4.92. The van der Waals surface area contributed by atoms with Gasteiger partial charge in [0.15, 0.2) is 10.8 Å². The molecule has 2 aromatic heterocycles. The predicted octanol–water partition coefficient (Wildman–Crippen LogP) is 1.97. The van der Waals surface area contributed by atoms with Crippen LogP contribution < -0.4 is 16.8 Å². The van der Waals surface area contributed by atoms with Crippen LogP contribution in [0.25, 0.3) is 11.0 Å². The van der Waals surface area contributed by atoms with Crippen molar-refractivity contribution < 1.29 is 0 Å². The van der Waals surface area contributed by atoms with Crippen molar-refractivity contribution in [2.45, 2.75) is 38.6 Å². The summed E-state index contributed by atoms with van der Waals surface area (Å²) in [4.78, 5) is 8.61. The van der Waals surface area contributed by atoms with Crippen LogP contribution in [0.4, 0.5) is 5.82 Å². The molecule has 132 valence electrons. The topological polar surface area (TPSA) is 108 Å². The second-order valence-electron chi connectivity index (χ2n) is 6.93. The van der Waals surface area contributed by atoms with Gasteiger partial charge < -0.3 is 16.8 Å². The third-order valence-corrected chi connectivity index (χ3v) is 4.57. The van der Waals surface area contributed by atoms with Gasteiger partial charge in [0.2, 0.25) is 0 Å². The van der Waals surface area contributed by atoms with Gasteiger partial charge in [-0.3, -0.25) is 0 Å². The van der Waals surface area contributed by atoms with Crippen LogP contribution in [0.1, 0.15) is 38.8 Å². The van der Waals surface area contributed by atoms with Crippen molar-refractivity contribution in [1.82, 2.24) is 25.1 Å². The van der Waals surface area contributed by atoms with Crippen molar-refractivity contribution in [3.05, 3.63) is 35.8 Å². The summed E-state index contributed by atoms with van der Waals surface area (Å²) in [7, 11) is 0. The lowest BCUT2D eigenvalue weighted by Crippen LogP contribution is -2.43. The molecule has 1 atom stereocenters. The SMILES string of the molecule is CC1=CCC(c2nn(C(C)(C)CNC(N)=S)c3ncnc(N)c23)C=C1. The first-order valence-electron chi connectivity index (χ1n) is 8.17. The maximum atomic E-state index is 6.17. The Kier molecular flexibility index (Phi) is 4.47. The first-order chi connectivity index (χ1) is 11.8. The van der Waals surface area contributed by atoms with Crippen LogP contribution in [-0.2, 0) is 5.54 Å². The van der Waals surface area contributed by atoms with E-state index in [-0.39, 0.29) is 11.0 Å². The zero-order valence-corrected chi connectivity index (χ0v) is 15.5. The third kappa shape index (κ3) is 3.34. The fraction of sp³-hybridized carbons (Fsp3) is 0.412. The van der Waals surface area contributed by atoms with Gasteiger partial charge in [-0.1, -0.05) is 23.8 Å². The van der Waals surface area contributed by atoms with Gasteiger partial charge in [0.1, 0.15) is 12.1 Å². The molecular weight excluding hydrogens is 334 g/mol. The number of allylic oxidation sites excluding steroid dienone is 4. The fourth-order valence-electron chi connectivity index (χ4n) is 2.99. The van der Waals surface area contributed by atoms with Crippen molar-refractivity contribution in [2.24, 2.45) is 5.73 Å². The predicted molar refractivity (Wildman–Crippen MR) is 104 cm³/mol. The highest BCUT2D eigenvalue weighted by atomic mass is 32.1. The Morgan fingerprint density at radius 3 is 2.84 bits per heavy atom. The van der Waals surface area contributed by atoms with Crippen LogP contribution in [0.15, 0.2) is 30.1 Å². The van der Waals surface area contributed by atoms with Gasteiger partial charge in [0, 0.05) is 12.5 Å². The molecule has 8 heteroatoms. The molecule has 0 fully saturated rings. The summed E-state index contributed by atoms with van der Waals surface area (Å²) in [5.74, 6) is 0.601. The van der Waals surface area contributed by atoms with Crippen molar-refractivity contribution >= 4 is 34.2 Å². The quantitative estimate of drug-likeness (QED) is 0.718. The van der Waals surface area contributed by atoms with Gasteiger partial charge in [-0.15, -0.1) is 0 Å². The Labute approximate surface area is 152 Å². The number of rotatable bonds is 4. The summed E-state index contributed by atoms with van der Waals surface area (Å²) in [6.45, 7) is 6.72. The normalized spacial score (nSPS) is 17.6. The maximum absolute atomic E-state index is 6.17. The van der Waals surface area contributed by atoms with Gasteiger partial charge in [-0.05, 0) is 39.4 Å². The monoisotopic (exact) mass is 357 g/mol. The van der Waals surface area contributed by atoms with E-state index in [4.69, 9.17) is 28.8 Å². The lowest BCUT2D eigenvalue weighted by atomic mass is 9.93. The molecule has 2 heterocycles. The van der Waals surface area contributed by atoms with Crippen molar-refractivity contribution in [1.29, 1.82) is 0 Å². The van der Waals surface area contributed by atoms with E-state index >= 15 is 0 Å². The molecule has 1 unspecified atom stereocenters. The number of thiocarbonyl (C=S) groups is 1. The first-order valence-corrected chi connectivity index (χ1v) is 8.58. The van der Waals surface area contributed by atoms with Crippen LogP contribution in [-0.4, -0.2) is 31.4 Å². The van der Waals surface area contributed by atoms with Crippen LogP contribution >= 0.6 is 12.2 Å². The number of nitrogens with zero attached hydrogens (tertiary/aromatic N) is 4. The largest absolute Gasteiger partial charge is 0.383 e. The van der Waals surface area contributed by atoms with Crippen LogP contribution in [0.5, 0.6) is 0 Å². The number of nitrogen functional groups attached to an aromatic ring is 1. The number of aromatic nitrogens is 4. The molecular formula is C17H23N7S. The van der Waals surface area contributed by atoms with E-state index in [9.17, 15) is 0 Å². The molecule has 25 heavy (non-hydrogen) atoms. The second kappa shape index (κ2) is 6.44. The van der Waals surface area contributed by atoms with E-state index < -0.39 is 5.54 Å². The summed E-state index contributed by atoms with van der Waals surface area (Å²) in [5.41, 5.74) is 14.2.